The predicted octanol–water partition coefficient (Wildman–Crippen LogP) is 2.58. The molecule has 0 aliphatic heterocycles. The van der Waals surface area contributed by atoms with Crippen LogP contribution in [0.15, 0.2) is 34.9 Å². The number of rotatable bonds is 3. The largest absolute Gasteiger partial charge is 0.464 e. The van der Waals surface area contributed by atoms with E-state index in [2.05, 4.69) is 18.3 Å². The monoisotopic (exact) mass is 189 g/mol. The normalized spacial score (nSPS) is 13.3. The summed E-state index contributed by atoms with van der Waals surface area (Å²) in [4.78, 5) is 0. The second-order valence-corrected chi connectivity index (χ2v) is 3.64. The Bertz CT molecular complexity index is 419. The molecule has 0 amide bonds. The molecule has 1 N–H and O–H groups in total. The fraction of sp³-hybridized carbons (Fsp3) is 0.333. The summed E-state index contributed by atoms with van der Waals surface area (Å²) < 4.78 is 5.35. The average molecular weight is 189 g/mol. The fourth-order valence-corrected chi connectivity index (χ4v) is 1.67. The van der Waals surface area contributed by atoms with Gasteiger partial charge in [0.25, 0.3) is 0 Å². The van der Waals surface area contributed by atoms with E-state index in [1.807, 2.05) is 25.2 Å². The number of fused-ring (bicyclic) bond motifs is 1. The molecule has 0 aliphatic carbocycles. The first-order valence-corrected chi connectivity index (χ1v) is 4.93. The van der Waals surface area contributed by atoms with Gasteiger partial charge >= 0.3 is 0 Å². The maximum atomic E-state index is 5.35. The summed E-state index contributed by atoms with van der Waals surface area (Å²) in [5, 5.41) is 4.47. The van der Waals surface area contributed by atoms with Crippen molar-refractivity contribution in [3.8, 4) is 0 Å². The molecule has 1 aromatic carbocycles. The van der Waals surface area contributed by atoms with Crippen molar-refractivity contribution in [1.29, 1.82) is 0 Å². The highest BCUT2D eigenvalue weighted by molar-refractivity contribution is 5.80. The van der Waals surface area contributed by atoms with Gasteiger partial charge in [-0.15, -0.1) is 0 Å². The zero-order valence-electron chi connectivity index (χ0n) is 8.58. The average Bonchev–Trinajstić information content (AvgIpc) is 2.66. The Hall–Kier alpha value is -1.28. The summed E-state index contributed by atoms with van der Waals surface area (Å²) in [5.41, 5.74) is 2.32. The van der Waals surface area contributed by atoms with Crippen molar-refractivity contribution in [2.24, 2.45) is 0 Å². The van der Waals surface area contributed by atoms with E-state index in [1.165, 1.54) is 10.9 Å². The molecule has 0 unspecified atom stereocenters. The third-order valence-corrected chi connectivity index (χ3v) is 2.61. The molecule has 0 saturated carbocycles. The van der Waals surface area contributed by atoms with E-state index in [-0.39, 0.29) is 0 Å². The Morgan fingerprint density at radius 1 is 1.36 bits per heavy atom. The van der Waals surface area contributed by atoms with Crippen molar-refractivity contribution in [1.82, 2.24) is 5.32 Å². The van der Waals surface area contributed by atoms with Gasteiger partial charge < -0.3 is 9.73 Å². The van der Waals surface area contributed by atoms with E-state index in [1.54, 1.807) is 6.26 Å². The van der Waals surface area contributed by atoms with Crippen LogP contribution in [-0.4, -0.2) is 13.1 Å². The first-order valence-electron chi connectivity index (χ1n) is 4.93. The molecule has 0 bridgehead atoms. The van der Waals surface area contributed by atoms with E-state index in [0.29, 0.717) is 6.04 Å². The molecule has 2 heteroatoms. The molecule has 1 atom stereocenters. The minimum absolute atomic E-state index is 0.496. The first kappa shape index (κ1) is 9.28. The maximum absolute atomic E-state index is 5.35. The van der Waals surface area contributed by atoms with Crippen LogP contribution in [0.25, 0.3) is 11.0 Å². The summed E-state index contributed by atoms with van der Waals surface area (Å²) in [5.74, 6) is 0. The lowest BCUT2D eigenvalue weighted by atomic mass is 10.0. The van der Waals surface area contributed by atoms with Gasteiger partial charge in [0.05, 0.1) is 6.26 Å². The predicted molar refractivity (Wildman–Crippen MR) is 58.4 cm³/mol. The van der Waals surface area contributed by atoms with Crippen molar-refractivity contribution < 1.29 is 4.42 Å². The Morgan fingerprint density at radius 3 is 3.00 bits per heavy atom. The van der Waals surface area contributed by atoms with Gasteiger partial charge in [0.15, 0.2) is 0 Å². The molecule has 2 nitrogen and oxygen atoms in total. The molecular weight excluding hydrogens is 174 g/mol. The molecule has 74 valence electrons. The van der Waals surface area contributed by atoms with Crippen LogP contribution >= 0.6 is 0 Å². The first-order chi connectivity index (χ1) is 6.81. The van der Waals surface area contributed by atoms with Crippen LogP contribution in [0.3, 0.4) is 0 Å². The minimum Gasteiger partial charge on any atom is -0.464 e. The Kier molecular flexibility index (Phi) is 2.55. The summed E-state index contributed by atoms with van der Waals surface area (Å²) >= 11 is 0. The molecule has 1 aromatic heterocycles. The molecule has 0 spiro atoms. The highest BCUT2D eigenvalue weighted by atomic mass is 16.3. The highest BCUT2D eigenvalue weighted by Gasteiger charge is 2.05. The number of hydrogen-bond donors (Lipinski definition) is 1. The van der Waals surface area contributed by atoms with Crippen LogP contribution in [0.5, 0.6) is 0 Å². The number of hydrogen-bond acceptors (Lipinski definition) is 2. The zero-order chi connectivity index (χ0) is 9.97. The molecule has 0 fully saturated rings. The van der Waals surface area contributed by atoms with Crippen molar-refractivity contribution >= 4 is 11.0 Å². The van der Waals surface area contributed by atoms with E-state index in [4.69, 9.17) is 4.42 Å². The number of benzene rings is 1. The van der Waals surface area contributed by atoms with Gasteiger partial charge in [-0.05, 0) is 38.1 Å². The van der Waals surface area contributed by atoms with Crippen LogP contribution in [-0.2, 0) is 6.42 Å². The molecule has 14 heavy (non-hydrogen) atoms. The lowest BCUT2D eigenvalue weighted by Crippen LogP contribution is -2.23. The summed E-state index contributed by atoms with van der Waals surface area (Å²) in [6, 6.07) is 8.74. The van der Waals surface area contributed by atoms with Crippen LogP contribution in [0.2, 0.25) is 0 Å². The standard InChI is InChI=1S/C12H15NO/c1-9(13-2)8-10-4-3-5-12-11(10)6-7-14-12/h3-7,9,13H,8H2,1-2H3/t9-/m1/s1. The van der Waals surface area contributed by atoms with Gasteiger partial charge in [0.2, 0.25) is 0 Å². The van der Waals surface area contributed by atoms with Crippen molar-refractivity contribution in [2.75, 3.05) is 7.05 Å². The number of nitrogens with one attached hydrogen (secondary N) is 1. The van der Waals surface area contributed by atoms with E-state index < -0.39 is 0 Å². The molecule has 2 rings (SSSR count). The second-order valence-electron chi connectivity index (χ2n) is 3.64. The van der Waals surface area contributed by atoms with Gasteiger partial charge in [-0.3, -0.25) is 0 Å². The minimum atomic E-state index is 0.496. The molecule has 2 aromatic rings. The lowest BCUT2D eigenvalue weighted by molar-refractivity contribution is 0.607. The third kappa shape index (κ3) is 1.66. The second kappa shape index (κ2) is 3.84. The summed E-state index contributed by atoms with van der Waals surface area (Å²) in [7, 11) is 1.99. The quantitative estimate of drug-likeness (QED) is 0.802. The SMILES string of the molecule is CN[C@H](C)Cc1cccc2occc12. The Morgan fingerprint density at radius 2 is 2.21 bits per heavy atom. The van der Waals surface area contributed by atoms with Gasteiger partial charge in [0, 0.05) is 11.4 Å². The van der Waals surface area contributed by atoms with Crippen molar-refractivity contribution in [2.45, 2.75) is 19.4 Å². The number of likely N-dealkylation sites (N-methyl/N-ethyl adjacent to an activating group) is 1. The van der Waals surface area contributed by atoms with Gasteiger partial charge in [-0.1, -0.05) is 12.1 Å². The highest BCUT2D eigenvalue weighted by Crippen LogP contribution is 2.20. The van der Waals surface area contributed by atoms with Gasteiger partial charge in [-0.25, -0.2) is 0 Å². The van der Waals surface area contributed by atoms with E-state index >= 15 is 0 Å². The van der Waals surface area contributed by atoms with Crippen LogP contribution in [0.4, 0.5) is 0 Å². The molecule has 0 aliphatic rings. The van der Waals surface area contributed by atoms with Crippen molar-refractivity contribution in [3.63, 3.8) is 0 Å². The molecule has 1 heterocycles. The molecular formula is C12H15NO. The van der Waals surface area contributed by atoms with Gasteiger partial charge in [-0.2, -0.15) is 0 Å². The zero-order valence-corrected chi connectivity index (χ0v) is 8.58. The topological polar surface area (TPSA) is 25.2 Å². The number of furan rings is 1. The smallest absolute Gasteiger partial charge is 0.134 e. The molecule has 0 radical (unpaired) electrons. The van der Waals surface area contributed by atoms with Crippen LogP contribution in [0.1, 0.15) is 12.5 Å². The van der Waals surface area contributed by atoms with Crippen molar-refractivity contribution in [3.05, 3.63) is 36.1 Å². The Labute approximate surface area is 83.9 Å². The third-order valence-electron chi connectivity index (χ3n) is 2.61. The van der Waals surface area contributed by atoms with Crippen LogP contribution in [0, 0.1) is 0 Å². The molecule has 0 saturated heterocycles. The summed E-state index contributed by atoms with van der Waals surface area (Å²) in [6.45, 7) is 2.18. The van der Waals surface area contributed by atoms with E-state index in [9.17, 15) is 0 Å². The summed E-state index contributed by atoms with van der Waals surface area (Å²) in [6.07, 6.45) is 2.78. The Balaban J connectivity index is 2.36. The van der Waals surface area contributed by atoms with E-state index in [0.717, 1.165) is 12.0 Å². The van der Waals surface area contributed by atoms with Crippen LogP contribution < -0.4 is 5.32 Å². The van der Waals surface area contributed by atoms with Gasteiger partial charge in [0.1, 0.15) is 5.58 Å². The fourth-order valence-electron chi connectivity index (χ4n) is 1.67. The maximum Gasteiger partial charge on any atom is 0.134 e. The lowest BCUT2D eigenvalue weighted by Gasteiger charge is -2.10.